The third-order valence-electron chi connectivity index (χ3n) is 2.87. The molecule has 0 aliphatic carbocycles. The number of H-pyrrole nitrogens is 1. The number of nitrogens with one attached hydrogen (secondary N) is 1. The molecule has 0 amide bonds. The lowest BCUT2D eigenvalue weighted by atomic mass is 10.2. The van der Waals surface area contributed by atoms with E-state index in [0.717, 1.165) is 26.8 Å². The van der Waals surface area contributed by atoms with Gasteiger partial charge in [0.05, 0.1) is 29.8 Å². The quantitative estimate of drug-likeness (QED) is 0.797. The summed E-state index contributed by atoms with van der Waals surface area (Å²) in [7, 11) is 1.64. The van der Waals surface area contributed by atoms with E-state index in [0.29, 0.717) is 5.56 Å². The molecule has 2 aromatic carbocycles. The van der Waals surface area contributed by atoms with Gasteiger partial charge in [-0.3, -0.25) is 0 Å². The summed E-state index contributed by atoms with van der Waals surface area (Å²) in [6.45, 7) is 0. The van der Waals surface area contributed by atoms with Crippen molar-refractivity contribution in [3.8, 4) is 11.8 Å². The van der Waals surface area contributed by atoms with E-state index < -0.39 is 0 Å². The van der Waals surface area contributed by atoms with Gasteiger partial charge in [0.15, 0.2) is 5.16 Å². The van der Waals surface area contributed by atoms with Gasteiger partial charge in [0.25, 0.3) is 0 Å². The second-order valence-electron chi connectivity index (χ2n) is 4.16. The third kappa shape index (κ3) is 2.46. The topological polar surface area (TPSA) is 61.7 Å². The molecule has 0 atom stereocenters. The number of fused-ring (bicyclic) bond motifs is 1. The zero-order valence-corrected chi connectivity index (χ0v) is 11.6. The van der Waals surface area contributed by atoms with Crippen LogP contribution >= 0.6 is 11.8 Å². The molecule has 1 N–H and O–H groups in total. The van der Waals surface area contributed by atoms with Crippen molar-refractivity contribution in [1.29, 1.82) is 5.26 Å². The summed E-state index contributed by atoms with van der Waals surface area (Å²) in [6.07, 6.45) is 0. The lowest BCUT2D eigenvalue weighted by Crippen LogP contribution is -1.81. The maximum atomic E-state index is 8.78. The van der Waals surface area contributed by atoms with Crippen LogP contribution in [0.15, 0.2) is 52.5 Å². The van der Waals surface area contributed by atoms with Crippen LogP contribution in [0.1, 0.15) is 5.56 Å². The summed E-state index contributed by atoms with van der Waals surface area (Å²) < 4.78 is 5.19. The SMILES string of the molecule is COc1ccc2nc(Sc3ccc(C#N)cc3)[nH]c2c1. The molecular weight excluding hydrogens is 270 g/mol. The van der Waals surface area contributed by atoms with Gasteiger partial charge in [-0.25, -0.2) is 4.98 Å². The first-order valence-electron chi connectivity index (χ1n) is 6.00. The van der Waals surface area contributed by atoms with E-state index >= 15 is 0 Å². The van der Waals surface area contributed by atoms with E-state index in [4.69, 9.17) is 10.00 Å². The monoisotopic (exact) mass is 281 g/mol. The number of aromatic amines is 1. The summed E-state index contributed by atoms with van der Waals surface area (Å²) in [4.78, 5) is 8.80. The number of hydrogen-bond donors (Lipinski definition) is 1. The Labute approximate surface area is 120 Å². The first-order valence-corrected chi connectivity index (χ1v) is 6.82. The van der Waals surface area contributed by atoms with E-state index in [-0.39, 0.29) is 0 Å². The Hall–Kier alpha value is -2.45. The predicted molar refractivity (Wildman–Crippen MR) is 77.9 cm³/mol. The molecule has 0 unspecified atom stereocenters. The standard InChI is InChI=1S/C15H11N3OS/c1-19-11-4-7-13-14(8-11)18-15(17-13)20-12-5-2-10(9-16)3-6-12/h2-8H,1H3,(H,17,18). The Morgan fingerprint density at radius 3 is 2.70 bits per heavy atom. The van der Waals surface area contributed by atoms with Gasteiger partial charge < -0.3 is 9.72 Å². The van der Waals surface area contributed by atoms with Gasteiger partial charge in [0.2, 0.25) is 0 Å². The molecule has 3 aromatic rings. The summed E-state index contributed by atoms with van der Waals surface area (Å²) in [5, 5.41) is 9.59. The van der Waals surface area contributed by atoms with Crippen LogP contribution in [-0.2, 0) is 0 Å². The van der Waals surface area contributed by atoms with E-state index in [9.17, 15) is 0 Å². The van der Waals surface area contributed by atoms with Crippen LogP contribution in [0.5, 0.6) is 5.75 Å². The zero-order chi connectivity index (χ0) is 13.9. The van der Waals surface area contributed by atoms with Crippen molar-refractivity contribution in [1.82, 2.24) is 9.97 Å². The number of aromatic nitrogens is 2. The number of nitrogens with zero attached hydrogens (tertiary/aromatic N) is 2. The number of benzene rings is 2. The molecule has 1 aromatic heterocycles. The molecule has 0 aliphatic heterocycles. The first kappa shape index (κ1) is 12.6. The maximum absolute atomic E-state index is 8.78. The molecule has 0 radical (unpaired) electrons. The third-order valence-corrected chi connectivity index (χ3v) is 3.76. The minimum atomic E-state index is 0.656. The number of imidazole rings is 1. The molecule has 1 heterocycles. The molecule has 4 nitrogen and oxygen atoms in total. The fourth-order valence-corrected chi connectivity index (χ4v) is 2.65. The molecular formula is C15H11N3OS. The number of nitriles is 1. The van der Waals surface area contributed by atoms with Crippen LogP contribution < -0.4 is 4.74 Å². The van der Waals surface area contributed by atoms with Gasteiger partial charge in [0.1, 0.15) is 5.75 Å². The summed E-state index contributed by atoms with van der Waals surface area (Å²) in [5.41, 5.74) is 2.51. The van der Waals surface area contributed by atoms with Gasteiger partial charge in [-0.05, 0) is 36.4 Å². The van der Waals surface area contributed by atoms with Crippen molar-refractivity contribution < 1.29 is 4.74 Å². The number of hydrogen-bond acceptors (Lipinski definition) is 4. The van der Waals surface area contributed by atoms with Gasteiger partial charge in [-0.2, -0.15) is 5.26 Å². The number of ether oxygens (including phenoxy) is 1. The predicted octanol–water partition coefficient (Wildman–Crippen LogP) is 3.59. The second kappa shape index (κ2) is 5.27. The van der Waals surface area contributed by atoms with Crippen LogP contribution in [0.25, 0.3) is 11.0 Å². The second-order valence-corrected chi connectivity index (χ2v) is 5.23. The van der Waals surface area contributed by atoms with Gasteiger partial charge in [-0.15, -0.1) is 0 Å². The highest BCUT2D eigenvalue weighted by Crippen LogP contribution is 2.28. The molecule has 0 bridgehead atoms. The average molecular weight is 281 g/mol. The van der Waals surface area contributed by atoms with Crippen LogP contribution in [0.3, 0.4) is 0 Å². The van der Waals surface area contributed by atoms with Crippen molar-refractivity contribution in [2.75, 3.05) is 7.11 Å². The molecule has 20 heavy (non-hydrogen) atoms. The van der Waals surface area contributed by atoms with Crippen molar-refractivity contribution in [3.05, 3.63) is 48.0 Å². The molecule has 98 valence electrons. The fraction of sp³-hybridized carbons (Fsp3) is 0.0667. The Bertz CT molecular complexity index is 787. The smallest absolute Gasteiger partial charge is 0.171 e. The van der Waals surface area contributed by atoms with Crippen LogP contribution in [0.2, 0.25) is 0 Å². The molecule has 5 heteroatoms. The van der Waals surface area contributed by atoms with E-state index in [1.165, 1.54) is 11.8 Å². The molecule has 0 fully saturated rings. The van der Waals surface area contributed by atoms with Crippen molar-refractivity contribution in [3.63, 3.8) is 0 Å². The Morgan fingerprint density at radius 1 is 1.20 bits per heavy atom. The number of methoxy groups -OCH3 is 1. The number of rotatable bonds is 3. The van der Waals surface area contributed by atoms with Gasteiger partial charge in [0, 0.05) is 11.0 Å². The van der Waals surface area contributed by atoms with Crippen molar-refractivity contribution in [2.24, 2.45) is 0 Å². The van der Waals surface area contributed by atoms with Crippen LogP contribution in [-0.4, -0.2) is 17.1 Å². The minimum Gasteiger partial charge on any atom is -0.497 e. The Morgan fingerprint density at radius 2 is 2.00 bits per heavy atom. The first-order chi connectivity index (χ1) is 9.78. The van der Waals surface area contributed by atoms with E-state index in [1.807, 2.05) is 30.3 Å². The average Bonchev–Trinajstić information content (AvgIpc) is 2.89. The lowest BCUT2D eigenvalue weighted by molar-refractivity contribution is 0.415. The zero-order valence-electron chi connectivity index (χ0n) is 10.8. The van der Waals surface area contributed by atoms with Crippen LogP contribution in [0.4, 0.5) is 0 Å². The lowest BCUT2D eigenvalue weighted by Gasteiger charge is -1.97. The Kier molecular flexibility index (Phi) is 3.32. The summed E-state index contributed by atoms with van der Waals surface area (Å²) >= 11 is 1.53. The molecule has 0 saturated carbocycles. The summed E-state index contributed by atoms with van der Waals surface area (Å²) in [5.74, 6) is 0.802. The maximum Gasteiger partial charge on any atom is 0.171 e. The highest BCUT2D eigenvalue weighted by molar-refractivity contribution is 7.99. The highest BCUT2D eigenvalue weighted by atomic mass is 32.2. The fourth-order valence-electron chi connectivity index (χ4n) is 1.85. The molecule has 3 rings (SSSR count). The van der Waals surface area contributed by atoms with Gasteiger partial charge in [-0.1, -0.05) is 11.8 Å². The summed E-state index contributed by atoms with van der Waals surface area (Å²) in [6, 6.07) is 15.3. The molecule has 0 spiro atoms. The van der Waals surface area contributed by atoms with Crippen LogP contribution in [0, 0.1) is 11.3 Å². The molecule has 0 aliphatic rings. The van der Waals surface area contributed by atoms with Gasteiger partial charge >= 0.3 is 0 Å². The largest absolute Gasteiger partial charge is 0.497 e. The molecule has 0 saturated heterocycles. The van der Waals surface area contributed by atoms with E-state index in [1.54, 1.807) is 19.2 Å². The van der Waals surface area contributed by atoms with Crippen molar-refractivity contribution in [2.45, 2.75) is 10.1 Å². The van der Waals surface area contributed by atoms with E-state index in [2.05, 4.69) is 16.0 Å². The Balaban J connectivity index is 1.88. The minimum absolute atomic E-state index is 0.656. The van der Waals surface area contributed by atoms with Crippen molar-refractivity contribution >= 4 is 22.8 Å². The highest BCUT2D eigenvalue weighted by Gasteiger charge is 2.06. The normalized spacial score (nSPS) is 10.4.